The lowest BCUT2D eigenvalue weighted by atomic mass is 10.1. The van der Waals surface area contributed by atoms with Crippen LogP contribution in [0.3, 0.4) is 0 Å². The lowest BCUT2D eigenvalue weighted by molar-refractivity contribution is 0.0648. The molecule has 0 aromatic carbocycles. The summed E-state index contributed by atoms with van der Waals surface area (Å²) < 4.78 is 0. The third-order valence-corrected chi connectivity index (χ3v) is 3.78. The molecule has 1 aliphatic carbocycles. The van der Waals surface area contributed by atoms with Gasteiger partial charge in [0.25, 0.3) is 5.91 Å². The van der Waals surface area contributed by atoms with E-state index in [9.17, 15) is 9.59 Å². The molecule has 0 atom stereocenters. The molecule has 1 amide bonds. The Morgan fingerprint density at radius 2 is 1.90 bits per heavy atom. The van der Waals surface area contributed by atoms with E-state index in [4.69, 9.17) is 5.11 Å². The Hall–Kier alpha value is -1.91. The van der Waals surface area contributed by atoms with Crippen LogP contribution >= 0.6 is 0 Å². The molecule has 1 saturated carbocycles. The smallest absolute Gasteiger partial charge is 0.354 e. The summed E-state index contributed by atoms with van der Waals surface area (Å²) in [7, 11) is 0. The van der Waals surface area contributed by atoms with Crippen molar-refractivity contribution < 1.29 is 14.7 Å². The molecule has 1 fully saturated rings. The van der Waals surface area contributed by atoms with Crippen molar-refractivity contribution in [3.05, 3.63) is 29.6 Å². The summed E-state index contributed by atoms with van der Waals surface area (Å²) in [5.41, 5.74) is 0.138. The number of carbonyl (C=O) groups excluding carboxylic acids is 1. The first-order valence-corrected chi connectivity index (χ1v) is 7.50. The van der Waals surface area contributed by atoms with Gasteiger partial charge in [0.2, 0.25) is 0 Å². The first kappa shape index (κ1) is 15.5. The normalized spacial score (nSPS) is 15.4. The quantitative estimate of drug-likeness (QED) is 0.905. The maximum absolute atomic E-state index is 12.7. The molecule has 5 heteroatoms. The molecular weight excluding hydrogens is 268 g/mol. The van der Waals surface area contributed by atoms with Crippen LogP contribution in [0.4, 0.5) is 0 Å². The van der Waals surface area contributed by atoms with Crippen molar-refractivity contribution in [3.8, 4) is 0 Å². The Bertz CT molecular complexity index is 522. The highest BCUT2D eigenvalue weighted by Crippen LogP contribution is 2.25. The molecule has 1 aliphatic rings. The Morgan fingerprint density at radius 3 is 2.48 bits per heavy atom. The Labute approximate surface area is 125 Å². The first-order valence-electron chi connectivity index (χ1n) is 7.50. The summed E-state index contributed by atoms with van der Waals surface area (Å²) in [5, 5.41) is 9.00. The fourth-order valence-corrected chi connectivity index (χ4v) is 2.83. The molecule has 114 valence electrons. The first-order chi connectivity index (χ1) is 9.99. The summed E-state index contributed by atoms with van der Waals surface area (Å²) >= 11 is 0. The van der Waals surface area contributed by atoms with Gasteiger partial charge in [-0.15, -0.1) is 0 Å². The maximum Gasteiger partial charge on any atom is 0.354 e. The summed E-state index contributed by atoms with van der Waals surface area (Å²) in [4.78, 5) is 29.6. The highest BCUT2D eigenvalue weighted by Gasteiger charge is 2.28. The van der Waals surface area contributed by atoms with E-state index >= 15 is 0 Å². The minimum absolute atomic E-state index is 0.0863. The van der Waals surface area contributed by atoms with Crippen LogP contribution in [0.25, 0.3) is 0 Å². The molecule has 0 spiro atoms. The Kier molecular flexibility index (Phi) is 4.94. The minimum atomic E-state index is -1.11. The van der Waals surface area contributed by atoms with Gasteiger partial charge in [-0.2, -0.15) is 0 Å². The maximum atomic E-state index is 12.7. The molecule has 0 saturated heterocycles. The molecule has 1 aromatic rings. The van der Waals surface area contributed by atoms with Gasteiger partial charge in [-0.05, 0) is 30.9 Å². The number of carbonyl (C=O) groups is 2. The van der Waals surface area contributed by atoms with Gasteiger partial charge in [-0.1, -0.05) is 32.8 Å². The average Bonchev–Trinajstić information content (AvgIpc) is 2.98. The molecule has 0 bridgehead atoms. The monoisotopic (exact) mass is 290 g/mol. The molecule has 5 nitrogen and oxygen atoms in total. The van der Waals surface area contributed by atoms with Gasteiger partial charge in [-0.25, -0.2) is 9.78 Å². The zero-order valence-electron chi connectivity index (χ0n) is 12.6. The molecule has 0 aliphatic heterocycles. The van der Waals surface area contributed by atoms with Gasteiger partial charge in [0.05, 0.1) is 0 Å². The van der Waals surface area contributed by atoms with Crippen molar-refractivity contribution >= 4 is 11.9 Å². The van der Waals surface area contributed by atoms with Crippen LogP contribution in [0.1, 0.15) is 60.5 Å². The lowest BCUT2D eigenvalue weighted by Gasteiger charge is -2.30. The molecular formula is C16H22N2O3. The van der Waals surface area contributed by atoms with Gasteiger partial charge in [0.15, 0.2) is 0 Å². The zero-order valence-corrected chi connectivity index (χ0v) is 12.6. The number of nitrogens with zero attached hydrogens (tertiary/aromatic N) is 2. The Balaban J connectivity index is 2.24. The number of amides is 1. The van der Waals surface area contributed by atoms with Crippen molar-refractivity contribution in [2.75, 3.05) is 6.54 Å². The molecule has 1 N–H and O–H groups in total. The van der Waals surface area contributed by atoms with Gasteiger partial charge in [-0.3, -0.25) is 4.79 Å². The second-order valence-electron chi connectivity index (χ2n) is 6.00. The molecule has 1 heterocycles. The van der Waals surface area contributed by atoms with Crippen LogP contribution in [-0.4, -0.2) is 39.5 Å². The van der Waals surface area contributed by atoms with Crippen LogP contribution in [-0.2, 0) is 0 Å². The number of rotatable bonds is 5. The number of carboxylic acids is 1. The summed E-state index contributed by atoms with van der Waals surface area (Å²) in [5.74, 6) is -0.892. The van der Waals surface area contributed by atoms with Crippen LogP contribution in [0.2, 0.25) is 0 Å². The third kappa shape index (κ3) is 3.80. The van der Waals surface area contributed by atoms with Crippen molar-refractivity contribution in [1.82, 2.24) is 9.88 Å². The number of hydrogen-bond acceptors (Lipinski definition) is 3. The number of carboxylic acid groups (broad SMARTS) is 1. The second kappa shape index (κ2) is 6.70. The van der Waals surface area contributed by atoms with E-state index < -0.39 is 5.97 Å². The lowest BCUT2D eigenvalue weighted by Crippen LogP contribution is -2.41. The summed E-state index contributed by atoms with van der Waals surface area (Å²) in [6.45, 7) is 4.84. The van der Waals surface area contributed by atoms with Crippen LogP contribution in [0, 0.1) is 5.92 Å². The standard InChI is InChI=1S/C16H22N2O3/c1-11(2)10-18(12-6-3-4-7-12)15(19)13-8-5-9-14(17-13)16(20)21/h5,8-9,11-12H,3-4,6-7,10H2,1-2H3,(H,20,21). The van der Waals surface area contributed by atoms with E-state index in [0.717, 1.165) is 25.7 Å². The molecule has 1 aromatic heterocycles. The summed E-state index contributed by atoms with van der Waals surface area (Å²) in [6.07, 6.45) is 4.35. The van der Waals surface area contributed by atoms with Crippen molar-refractivity contribution in [1.29, 1.82) is 0 Å². The van der Waals surface area contributed by atoms with Crippen LogP contribution in [0.15, 0.2) is 18.2 Å². The number of hydrogen-bond donors (Lipinski definition) is 1. The topological polar surface area (TPSA) is 70.5 Å². The SMILES string of the molecule is CC(C)CN(C(=O)c1cccc(C(=O)O)n1)C1CCCC1. The highest BCUT2D eigenvalue weighted by atomic mass is 16.4. The zero-order chi connectivity index (χ0) is 15.4. The average molecular weight is 290 g/mol. The van der Waals surface area contributed by atoms with E-state index in [1.165, 1.54) is 6.07 Å². The largest absolute Gasteiger partial charge is 0.477 e. The van der Waals surface area contributed by atoms with Gasteiger partial charge >= 0.3 is 5.97 Å². The van der Waals surface area contributed by atoms with E-state index in [-0.39, 0.29) is 23.3 Å². The fourth-order valence-electron chi connectivity index (χ4n) is 2.83. The van der Waals surface area contributed by atoms with Gasteiger partial charge in [0.1, 0.15) is 11.4 Å². The number of aromatic nitrogens is 1. The van der Waals surface area contributed by atoms with Gasteiger partial charge in [0, 0.05) is 12.6 Å². The highest BCUT2D eigenvalue weighted by molar-refractivity contribution is 5.94. The molecule has 21 heavy (non-hydrogen) atoms. The van der Waals surface area contributed by atoms with E-state index in [1.54, 1.807) is 12.1 Å². The number of pyridine rings is 1. The third-order valence-electron chi connectivity index (χ3n) is 3.78. The predicted octanol–water partition coefficient (Wildman–Crippen LogP) is 2.82. The fraction of sp³-hybridized carbons (Fsp3) is 0.562. The molecule has 2 rings (SSSR count). The molecule has 0 radical (unpaired) electrons. The van der Waals surface area contributed by atoms with Crippen LogP contribution < -0.4 is 0 Å². The Morgan fingerprint density at radius 1 is 1.29 bits per heavy atom. The van der Waals surface area contributed by atoms with Crippen molar-refractivity contribution in [2.45, 2.75) is 45.6 Å². The van der Waals surface area contributed by atoms with Crippen LogP contribution in [0.5, 0.6) is 0 Å². The van der Waals surface area contributed by atoms with Crippen molar-refractivity contribution in [2.24, 2.45) is 5.92 Å². The van der Waals surface area contributed by atoms with E-state index in [2.05, 4.69) is 18.8 Å². The molecule has 0 unspecified atom stereocenters. The predicted molar refractivity (Wildman–Crippen MR) is 79.3 cm³/mol. The van der Waals surface area contributed by atoms with E-state index in [0.29, 0.717) is 12.5 Å². The summed E-state index contributed by atoms with van der Waals surface area (Å²) in [6, 6.07) is 4.83. The minimum Gasteiger partial charge on any atom is -0.477 e. The number of aromatic carboxylic acids is 1. The van der Waals surface area contributed by atoms with Gasteiger partial charge < -0.3 is 10.0 Å². The van der Waals surface area contributed by atoms with E-state index in [1.807, 2.05) is 4.90 Å². The van der Waals surface area contributed by atoms with Crippen molar-refractivity contribution in [3.63, 3.8) is 0 Å². The second-order valence-corrected chi connectivity index (χ2v) is 6.00.